The number of aryl methyl sites for hydroxylation is 1. The van der Waals surface area contributed by atoms with Gasteiger partial charge in [0.2, 0.25) is 10.0 Å². The molecule has 20 heavy (non-hydrogen) atoms. The summed E-state index contributed by atoms with van der Waals surface area (Å²) in [5, 5.41) is 0. The van der Waals surface area contributed by atoms with Crippen LogP contribution in [0.3, 0.4) is 0 Å². The average molecular weight is 333 g/mol. The molecule has 1 aromatic carbocycles. The van der Waals surface area contributed by atoms with Crippen LogP contribution in [-0.4, -0.2) is 31.5 Å². The minimum atomic E-state index is -3.51. The fraction of sp³-hybridized carbons (Fsp3) is 0.462. The van der Waals surface area contributed by atoms with Gasteiger partial charge in [-0.1, -0.05) is 25.2 Å². The van der Waals surface area contributed by atoms with Crippen LogP contribution in [0.1, 0.15) is 24.5 Å². The summed E-state index contributed by atoms with van der Waals surface area (Å²) in [6.45, 7) is 3.71. The summed E-state index contributed by atoms with van der Waals surface area (Å²) in [6.07, 6.45) is 2.71. The number of nitrogens with two attached hydrogens (primary N) is 1. The van der Waals surface area contributed by atoms with Crippen molar-refractivity contribution >= 4 is 39.0 Å². The van der Waals surface area contributed by atoms with Crippen molar-refractivity contribution in [3.8, 4) is 0 Å². The molecule has 1 unspecified atom stereocenters. The molecule has 0 aromatic heterocycles. The topological polar surface area (TPSA) is 72.2 Å². The monoisotopic (exact) mass is 332 g/mol. The lowest BCUT2D eigenvalue weighted by atomic mass is 10.1. The largest absolute Gasteiger partial charge is 0.389 e. The Bertz CT molecular complexity index is 585. The summed E-state index contributed by atoms with van der Waals surface area (Å²) in [4.78, 5) is 0.538. The van der Waals surface area contributed by atoms with Gasteiger partial charge < -0.3 is 5.73 Å². The highest BCUT2D eigenvalue weighted by Crippen LogP contribution is 2.18. The molecule has 1 atom stereocenters. The van der Waals surface area contributed by atoms with Gasteiger partial charge in [-0.3, -0.25) is 0 Å². The molecule has 0 radical (unpaired) electrons. The van der Waals surface area contributed by atoms with E-state index < -0.39 is 10.0 Å². The standard InChI is InChI=1S/C13H20N2O2S3/c1-4-11(8-19-3)15-20(16,17)12-6-5-10(13(14)18)7-9(12)2/h5-7,11,15H,4,8H2,1-3H3,(H2,14,18). The molecule has 7 heteroatoms. The molecular formula is C13H20N2O2S3. The van der Waals surface area contributed by atoms with Gasteiger partial charge in [0.05, 0.1) is 4.90 Å². The molecule has 0 spiro atoms. The number of hydrogen-bond donors (Lipinski definition) is 2. The van der Waals surface area contributed by atoms with E-state index in [9.17, 15) is 8.42 Å². The van der Waals surface area contributed by atoms with E-state index in [2.05, 4.69) is 4.72 Å². The number of sulfonamides is 1. The highest BCUT2D eigenvalue weighted by atomic mass is 32.2. The van der Waals surface area contributed by atoms with Gasteiger partial charge >= 0.3 is 0 Å². The zero-order valence-corrected chi connectivity index (χ0v) is 14.3. The summed E-state index contributed by atoms with van der Waals surface area (Å²) in [5.41, 5.74) is 6.86. The molecule has 0 heterocycles. The molecule has 1 aromatic rings. The Balaban J connectivity index is 3.06. The molecule has 0 bridgehead atoms. The summed E-state index contributed by atoms with van der Waals surface area (Å²) in [5.74, 6) is 0.750. The van der Waals surface area contributed by atoms with Gasteiger partial charge in [-0.05, 0) is 37.3 Å². The quantitative estimate of drug-likeness (QED) is 0.748. The van der Waals surface area contributed by atoms with Crippen LogP contribution < -0.4 is 10.5 Å². The lowest BCUT2D eigenvalue weighted by molar-refractivity contribution is 0.557. The van der Waals surface area contributed by atoms with Crippen LogP contribution in [0.15, 0.2) is 23.1 Å². The van der Waals surface area contributed by atoms with E-state index in [4.69, 9.17) is 18.0 Å². The summed E-state index contributed by atoms with van der Waals surface area (Å²) >= 11 is 6.51. The van der Waals surface area contributed by atoms with E-state index in [0.717, 1.165) is 12.2 Å². The first-order valence-corrected chi connectivity index (χ1v) is 9.52. The van der Waals surface area contributed by atoms with E-state index in [1.807, 2.05) is 13.2 Å². The predicted molar refractivity (Wildman–Crippen MR) is 89.8 cm³/mol. The van der Waals surface area contributed by atoms with E-state index in [1.165, 1.54) is 0 Å². The number of nitrogens with one attached hydrogen (secondary N) is 1. The molecule has 112 valence electrons. The molecule has 3 N–H and O–H groups in total. The summed E-state index contributed by atoms with van der Waals surface area (Å²) < 4.78 is 27.5. The predicted octanol–water partition coefficient (Wildman–Crippen LogP) is 2.05. The molecule has 0 saturated carbocycles. The van der Waals surface area contributed by atoms with Crippen LogP contribution in [0.2, 0.25) is 0 Å². The lowest BCUT2D eigenvalue weighted by Gasteiger charge is -2.17. The maximum Gasteiger partial charge on any atom is 0.241 e. The van der Waals surface area contributed by atoms with Crippen LogP contribution >= 0.6 is 24.0 Å². The van der Waals surface area contributed by atoms with Crippen molar-refractivity contribution in [3.05, 3.63) is 29.3 Å². The molecule has 1 rings (SSSR count). The molecular weight excluding hydrogens is 312 g/mol. The van der Waals surface area contributed by atoms with Gasteiger partial charge in [-0.15, -0.1) is 0 Å². The third-order valence-corrected chi connectivity index (χ3v) is 5.58. The number of thioether (sulfide) groups is 1. The van der Waals surface area contributed by atoms with Crippen molar-refractivity contribution in [1.82, 2.24) is 4.72 Å². The minimum Gasteiger partial charge on any atom is -0.389 e. The van der Waals surface area contributed by atoms with Crippen molar-refractivity contribution in [2.24, 2.45) is 5.73 Å². The first kappa shape index (κ1) is 17.4. The molecule has 0 amide bonds. The number of benzene rings is 1. The Kier molecular flexibility index (Phi) is 6.44. The third kappa shape index (κ3) is 4.44. The normalized spacial score (nSPS) is 13.2. The average Bonchev–Trinajstić information content (AvgIpc) is 2.37. The molecule has 0 fully saturated rings. The van der Waals surface area contributed by atoms with E-state index >= 15 is 0 Å². The van der Waals surface area contributed by atoms with Crippen molar-refractivity contribution in [2.75, 3.05) is 12.0 Å². The first-order valence-electron chi connectivity index (χ1n) is 6.23. The van der Waals surface area contributed by atoms with Crippen molar-refractivity contribution < 1.29 is 8.42 Å². The molecule has 0 saturated heterocycles. The van der Waals surface area contributed by atoms with Gasteiger partial charge in [-0.25, -0.2) is 13.1 Å². The van der Waals surface area contributed by atoms with Crippen molar-refractivity contribution in [1.29, 1.82) is 0 Å². The van der Waals surface area contributed by atoms with Crippen LogP contribution in [0.5, 0.6) is 0 Å². The minimum absolute atomic E-state index is 0.0651. The van der Waals surface area contributed by atoms with Gasteiger partial charge in [-0.2, -0.15) is 11.8 Å². The Morgan fingerprint density at radius 1 is 1.50 bits per heavy atom. The Morgan fingerprint density at radius 2 is 2.15 bits per heavy atom. The Labute approximate surface area is 130 Å². The fourth-order valence-electron chi connectivity index (χ4n) is 1.82. The van der Waals surface area contributed by atoms with Crippen molar-refractivity contribution in [2.45, 2.75) is 31.2 Å². The van der Waals surface area contributed by atoms with Gasteiger partial charge in [0.25, 0.3) is 0 Å². The lowest BCUT2D eigenvalue weighted by Crippen LogP contribution is -2.36. The zero-order valence-electron chi connectivity index (χ0n) is 11.8. The molecule has 4 nitrogen and oxygen atoms in total. The second-order valence-corrected chi connectivity index (χ2v) is 7.56. The molecule has 0 aliphatic carbocycles. The van der Waals surface area contributed by atoms with Crippen LogP contribution in [0.4, 0.5) is 0 Å². The van der Waals surface area contributed by atoms with Gasteiger partial charge in [0, 0.05) is 17.4 Å². The summed E-state index contributed by atoms with van der Waals surface area (Å²) in [7, 11) is -3.51. The van der Waals surface area contributed by atoms with Crippen molar-refractivity contribution in [3.63, 3.8) is 0 Å². The molecule has 0 aliphatic heterocycles. The van der Waals surface area contributed by atoms with Crippen LogP contribution in [0.25, 0.3) is 0 Å². The van der Waals surface area contributed by atoms with Crippen LogP contribution in [0, 0.1) is 6.92 Å². The number of thiocarbonyl (C=S) groups is 1. The SMILES string of the molecule is CCC(CSC)NS(=O)(=O)c1ccc(C(N)=S)cc1C. The van der Waals surface area contributed by atoms with Gasteiger partial charge in [0.1, 0.15) is 4.99 Å². The van der Waals surface area contributed by atoms with E-state index in [1.54, 1.807) is 36.9 Å². The van der Waals surface area contributed by atoms with E-state index in [-0.39, 0.29) is 15.9 Å². The number of rotatable bonds is 7. The maximum atomic E-state index is 12.4. The second-order valence-electron chi connectivity index (χ2n) is 4.53. The second kappa shape index (κ2) is 7.40. The third-order valence-electron chi connectivity index (χ3n) is 2.93. The smallest absolute Gasteiger partial charge is 0.241 e. The maximum absolute atomic E-state index is 12.4. The Morgan fingerprint density at radius 3 is 2.60 bits per heavy atom. The molecule has 0 aliphatic rings. The highest BCUT2D eigenvalue weighted by molar-refractivity contribution is 7.98. The first-order chi connectivity index (χ1) is 9.31. The highest BCUT2D eigenvalue weighted by Gasteiger charge is 2.20. The fourth-order valence-corrected chi connectivity index (χ4v) is 4.32. The number of hydrogen-bond acceptors (Lipinski definition) is 4. The Hall–Kier alpha value is -0.630. The van der Waals surface area contributed by atoms with E-state index in [0.29, 0.717) is 11.1 Å². The van der Waals surface area contributed by atoms with Gasteiger partial charge in [0.15, 0.2) is 0 Å². The van der Waals surface area contributed by atoms with Crippen LogP contribution in [-0.2, 0) is 10.0 Å². The zero-order chi connectivity index (χ0) is 15.3. The summed E-state index contributed by atoms with van der Waals surface area (Å²) in [6, 6.07) is 4.83.